The van der Waals surface area contributed by atoms with Crippen molar-refractivity contribution >= 4 is 21.4 Å². The number of sulfone groups is 1. The second-order valence-electron chi connectivity index (χ2n) is 5.46. The minimum Gasteiger partial charge on any atom is -0.376 e. The first-order chi connectivity index (χ1) is 12.7. The van der Waals surface area contributed by atoms with Crippen molar-refractivity contribution in [2.24, 2.45) is 0 Å². The van der Waals surface area contributed by atoms with Gasteiger partial charge in [0.1, 0.15) is 0 Å². The molecule has 2 aromatic carbocycles. The first-order valence-electron chi connectivity index (χ1n) is 7.31. The topological polar surface area (TPSA) is 83.5 Å². The van der Waals surface area contributed by atoms with Crippen LogP contribution in [0, 0.1) is 0 Å². The van der Waals surface area contributed by atoms with Crippen LogP contribution < -0.4 is 5.32 Å². The van der Waals surface area contributed by atoms with E-state index in [0.29, 0.717) is 12.1 Å². The van der Waals surface area contributed by atoms with E-state index < -0.39 is 50.3 Å². The molecule has 0 aliphatic rings. The molecule has 2 N–H and O–H groups in total. The van der Waals surface area contributed by atoms with Crippen molar-refractivity contribution in [1.29, 1.82) is 0 Å². The number of rotatable bonds is 4. The van der Waals surface area contributed by atoms with Gasteiger partial charge in [-0.05, 0) is 30.3 Å². The van der Waals surface area contributed by atoms with E-state index >= 15 is 0 Å². The molecule has 1 atom stereocenters. The van der Waals surface area contributed by atoms with E-state index in [0.717, 1.165) is 12.1 Å². The quantitative estimate of drug-likeness (QED) is 0.733. The van der Waals surface area contributed by atoms with Gasteiger partial charge in [0, 0.05) is 0 Å². The molecule has 0 aliphatic carbocycles. The normalized spacial score (nSPS) is 13.8. The van der Waals surface area contributed by atoms with Gasteiger partial charge in [-0.2, -0.15) is 26.3 Å². The SMILES string of the molecule is O=C(Nc1ccc(S(=O)(=O)c2ccccc2)cc1C(F)(F)F)C(O)C(F)(F)F. The molecule has 1 amide bonds. The zero-order valence-electron chi connectivity index (χ0n) is 13.5. The molecule has 0 spiro atoms. The zero-order chi connectivity index (χ0) is 21.3. The summed E-state index contributed by atoms with van der Waals surface area (Å²) in [6.07, 6.45) is -14.1. The fraction of sp³-hybridized carbons (Fsp3) is 0.188. The summed E-state index contributed by atoms with van der Waals surface area (Å²) in [5, 5.41) is 10.1. The van der Waals surface area contributed by atoms with Gasteiger partial charge < -0.3 is 10.4 Å². The predicted molar refractivity (Wildman–Crippen MR) is 84.0 cm³/mol. The molecule has 12 heteroatoms. The number of hydrogen-bond acceptors (Lipinski definition) is 4. The fourth-order valence-electron chi connectivity index (χ4n) is 2.12. The van der Waals surface area contributed by atoms with E-state index in [2.05, 4.69) is 0 Å². The summed E-state index contributed by atoms with van der Waals surface area (Å²) >= 11 is 0. The van der Waals surface area contributed by atoms with Crippen LogP contribution in [-0.4, -0.2) is 31.7 Å². The van der Waals surface area contributed by atoms with Gasteiger partial charge >= 0.3 is 12.4 Å². The van der Waals surface area contributed by atoms with Gasteiger partial charge in [0.25, 0.3) is 5.91 Å². The largest absolute Gasteiger partial charge is 0.423 e. The Kier molecular flexibility index (Phi) is 5.76. The average Bonchev–Trinajstić information content (AvgIpc) is 2.60. The lowest BCUT2D eigenvalue weighted by Gasteiger charge is -2.18. The second kappa shape index (κ2) is 7.43. The van der Waals surface area contributed by atoms with E-state index in [1.165, 1.54) is 23.5 Å². The first-order valence-corrected chi connectivity index (χ1v) is 8.80. The van der Waals surface area contributed by atoms with Crippen LogP contribution in [0.3, 0.4) is 0 Å². The lowest BCUT2D eigenvalue weighted by molar-refractivity contribution is -0.202. The molecule has 0 fully saturated rings. The molecule has 2 rings (SSSR count). The third-order valence-corrected chi connectivity index (χ3v) is 5.24. The van der Waals surface area contributed by atoms with Gasteiger partial charge in [-0.15, -0.1) is 0 Å². The van der Waals surface area contributed by atoms with Crippen LogP contribution >= 0.6 is 0 Å². The Hall–Kier alpha value is -2.60. The van der Waals surface area contributed by atoms with Gasteiger partial charge in [-0.3, -0.25) is 4.79 Å². The maximum atomic E-state index is 13.3. The number of halogens is 6. The molecule has 1 unspecified atom stereocenters. The van der Waals surface area contributed by atoms with Crippen molar-refractivity contribution in [3.05, 3.63) is 54.1 Å². The molecule has 0 bridgehead atoms. The number of hydrogen-bond donors (Lipinski definition) is 2. The van der Waals surface area contributed by atoms with Crippen LogP contribution in [0.5, 0.6) is 0 Å². The summed E-state index contributed by atoms with van der Waals surface area (Å²) in [6.45, 7) is 0. The highest BCUT2D eigenvalue weighted by atomic mass is 32.2. The molecule has 0 aliphatic heterocycles. The standard InChI is InChI=1S/C16H11F6NO4S/c17-15(18,19)11-8-10(28(26,27)9-4-2-1-3-5-9)6-7-12(11)23-14(25)13(24)16(20,21)22/h1-8,13,24H,(H,23,25). The van der Waals surface area contributed by atoms with Crippen molar-refractivity contribution in [3.63, 3.8) is 0 Å². The van der Waals surface area contributed by atoms with E-state index in [9.17, 15) is 39.6 Å². The molecule has 5 nitrogen and oxygen atoms in total. The number of carbonyl (C=O) groups excluding carboxylic acids is 1. The van der Waals surface area contributed by atoms with Crippen molar-refractivity contribution in [2.75, 3.05) is 5.32 Å². The number of amides is 1. The molecule has 0 saturated carbocycles. The van der Waals surface area contributed by atoms with Crippen LogP contribution in [0.15, 0.2) is 58.3 Å². The Morgan fingerprint density at radius 3 is 2.00 bits per heavy atom. The highest BCUT2D eigenvalue weighted by Gasteiger charge is 2.44. The van der Waals surface area contributed by atoms with Crippen molar-refractivity contribution in [3.8, 4) is 0 Å². The number of benzene rings is 2. The first kappa shape index (κ1) is 21.7. The van der Waals surface area contributed by atoms with Gasteiger partial charge in [0.05, 0.1) is 21.0 Å². The molecule has 0 radical (unpaired) electrons. The lowest BCUT2D eigenvalue weighted by atomic mass is 10.1. The monoisotopic (exact) mass is 427 g/mol. The third-order valence-electron chi connectivity index (χ3n) is 3.48. The third kappa shape index (κ3) is 4.62. The van der Waals surface area contributed by atoms with E-state index in [-0.39, 0.29) is 11.0 Å². The number of alkyl halides is 6. The summed E-state index contributed by atoms with van der Waals surface area (Å²) in [6, 6.07) is 7.89. The van der Waals surface area contributed by atoms with E-state index in [1.807, 2.05) is 0 Å². The minimum absolute atomic E-state index is 0.192. The summed E-state index contributed by atoms with van der Waals surface area (Å²) < 4.78 is 102. The fourth-order valence-corrected chi connectivity index (χ4v) is 3.43. The summed E-state index contributed by atoms with van der Waals surface area (Å²) in [4.78, 5) is 10.3. The Bertz CT molecular complexity index is 971. The zero-order valence-corrected chi connectivity index (χ0v) is 14.4. The highest BCUT2D eigenvalue weighted by molar-refractivity contribution is 7.91. The number of anilines is 1. The van der Waals surface area contributed by atoms with Crippen molar-refractivity contribution < 1.29 is 44.7 Å². The molecular weight excluding hydrogens is 416 g/mol. The predicted octanol–water partition coefficient (Wildman–Crippen LogP) is 3.40. The highest BCUT2D eigenvalue weighted by Crippen LogP contribution is 2.37. The Labute approximate surface area is 154 Å². The number of carbonyl (C=O) groups is 1. The van der Waals surface area contributed by atoms with Gasteiger partial charge in [-0.25, -0.2) is 8.42 Å². The molecule has 28 heavy (non-hydrogen) atoms. The van der Waals surface area contributed by atoms with Crippen molar-refractivity contribution in [2.45, 2.75) is 28.2 Å². The van der Waals surface area contributed by atoms with Gasteiger partial charge in [0.15, 0.2) is 0 Å². The Balaban J connectivity index is 2.50. The average molecular weight is 427 g/mol. The molecule has 0 heterocycles. The van der Waals surface area contributed by atoms with Crippen LogP contribution in [0.1, 0.15) is 5.56 Å². The second-order valence-corrected chi connectivity index (χ2v) is 7.40. The molecule has 2 aromatic rings. The van der Waals surface area contributed by atoms with Crippen LogP contribution in [-0.2, 0) is 20.8 Å². The summed E-state index contributed by atoms with van der Waals surface area (Å²) in [5.41, 5.74) is -2.82. The molecule has 0 aromatic heterocycles. The number of nitrogens with one attached hydrogen (secondary N) is 1. The van der Waals surface area contributed by atoms with E-state index in [1.54, 1.807) is 0 Å². The molecule has 152 valence electrons. The van der Waals surface area contributed by atoms with Crippen LogP contribution in [0.2, 0.25) is 0 Å². The molecule has 0 saturated heterocycles. The number of aliphatic hydroxyl groups excluding tert-OH is 1. The van der Waals surface area contributed by atoms with Gasteiger partial charge in [-0.1, -0.05) is 18.2 Å². The lowest BCUT2D eigenvalue weighted by Crippen LogP contribution is -2.40. The van der Waals surface area contributed by atoms with Crippen molar-refractivity contribution in [1.82, 2.24) is 0 Å². The Morgan fingerprint density at radius 2 is 1.50 bits per heavy atom. The van der Waals surface area contributed by atoms with Crippen LogP contribution in [0.4, 0.5) is 32.0 Å². The maximum absolute atomic E-state index is 13.3. The number of aliphatic hydroxyl groups is 1. The van der Waals surface area contributed by atoms with Crippen LogP contribution in [0.25, 0.3) is 0 Å². The summed E-state index contributed by atoms with van der Waals surface area (Å²) in [5.74, 6) is -2.14. The van der Waals surface area contributed by atoms with Gasteiger partial charge in [0.2, 0.25) is 15.9 Å². The minimum atomic E-state index is -5.39. The van der Waals surface area contributed by atoms with E-state index in [4.69, 9.17) is 5.11 Å². The molecular formula is C16H11F6NO4S. The smallest absolute Gasteiger partial charge is 0.376 e. The Morgan fingerprint density at radius 1 is 0.929 bits per heavy atom. The summed E-state index contributed by atoms with van der Waals surface area (Å²) in [7, 11) is -4.35. The maximum Gasteiger partial charge on any atom is 0.423 e.